The van der Waals surface area contributed by atoms with Gasteiger partial charge in [0.05, 0.1) is 23.6 Å². The molecule has 3 rings (SSSR count). The van der Waals surface area contributed by atoms with Crippen LogP contribution < -0.4 is 15.4 Å². The van der Waals surface area contributed by atoms with Crippen LogP contribution in [0.3, 0.4) is 0 Å². The van der Waals surface area contributed by atoms with Crippen molar-refractivity contribution >= 4 is 45.2 Å². The summed E-state index contributed by atoms with van der Waals surface area (Å²) in [4.78, 5) is 35.9. The second-order valence-corrected chi connectivity index (χ2v) is 9.42. The van der Waals surface area contributed by atoms with Gasteiger partial charge in [0, 0.05) is 11.6 Å². The first-order chi connectivity index (χ1) is 15.5. The third kappa shape index (κ3) is 5.29. The molecule has 11 nitrogen and oxygen atoms in total. The molecule has 0 bridgehead atoms. The molecule has 3 amide bonds. The van der Waals surface area contributed by atoms with Crippen molar-refractivity contribution in [1.82, 2.24) is 9.62 Å². The van der Waals surface area contributed by atoms with Gasteiger partial charge in [0.2, 0.25) is 11.8 Å². The van der Waals surface area contributed by atoms with Crippen LogP contribution in [0.1, 0.15) is 5.56 Å². The minimum absolute atomic E-state index is 0.0380. The van der Waals surface area contributed by atoms with E-state index in [1.165, 1.54) is 7.11 Å². The van der Waals surface area contributed by atoms with Crippen molar-refractivity contribution in [2.24, 2.45) is 5.92 Å². The number of halogens is 1. The van der Waals surface area contributed by atoms with Crippen molar-refractivity contribution < 1.29 is 37.8 Å². The predicted molar refractivity (Wildman–Crippen MR) is 117 cm³/mol. The van der Waals surface area contributed by atoms with Gasteiger partial charge >= 0.3 is 6.09 Å². The standard InChI is InChI=1S/C20H20ClN3O8S/c1-32-17-5-2-13(21)7-11(17)6-12-9-22-18(26)10-24(19(12)27)33(30,31)14-3-4-16(25)15(8-14)23-20(28)29/h2-5,7-8,12,23,25H,6,9-10H2,1H3,(H,22,26)(H,28,29). The van der Waals surface area contributed by atoms with E-state index in [0.717, 1.165) is 18.2 Å². The number of carbonyl (C=O) groups is 3. The Morgan fingerprint density at radius 3 is 2.67 bits per heavy atom. The molecule has 0 aromatic heterocycles. The number of phenols is 1. The molecule has 1 heterocycles. The fraction of sp³-hybridized carbons (Fsp3) is 0.250. The van der Waals surface area contributed by atoms with Crippen molar-refractivity contribution in [1.29, 1.82) is 0 Å². The molecule has 1 saturated heterocycles. The van der Waals surface area contributed by atoms with Gasteiger partial charge in [0.25, 0.3) is 10.0 Å². The van der Waals surface area contributed by atoms with Gasteiger partial charge in [-0.05, 0) is 48.4 Å². The van der Waals surface area contributed by atoms with Crippen molar-refractivity contribution in [2.45, 2.75) is 11.3 Å². The molecule has 0 aliphatic carbocycles. The first-order valence-corrected chi connectivity index (χ1v) is 11.3. The van der Waals surface area contributed by atoms with Crippen LogP contribution in [-0.2, 0) is 26.0 Å². The molecule has 2 aromatic rings. The fourth-order valence-corrected chi connectivity index (χ4v) is 4.97. The van der Waals surface area contributed by atoms with Crippen molar-refractivity contribution in [3.05, 3.63) is 47.0 Å². The van der Waals surface area contributed by atoms with Gasteiger partial charge in [0.15, 0.2) is 0 Å². The van der Waals surface area contributed by atoms with Gasteiger partial charge in [-0.25, -0.2) is 17.5 Å². The minimum atomic E-state index is -4.57. The molecule has 2 aromatic carbocycles. The molecule has 33 heavy (non-hydrogen) atoms. The molecule has 4 N–H and O–H groups in total. The summed E-state index contributed by atoms with van der Waals surface area (Å²) >= 11 is 6.04. The number of nitrogens with one attached hydrogen (secondary N) is 2. The summed E-state index contributed by atoms with van der Waals surface area (Å²) in [7, 11) is -3.13. The average Bonchev–Trinajstić information content (AvgIpc) is 2.89. The van der Waals surface area contributed by atoms with E-state index in [2.05, 4.69) is 5.32 Å². The van der Waals surface area contributed by atoms with E-state index in [1.807, 2.05) is 5.32 Å². The average molecular weight is 498 g/mol. The number of sulfonamides is 1. The molecule has 1 atom stereocenters. The van der Waals surface area contributed by atoms with Crippen LogP contribution in [0, 0.1) is 5.92 Å². The Labute approximate surface area is 194 Å². The Balaban J connectivity index is 1.98. The van der Waals surface area contributed by atoms with E-state index < -0.39 is 56.7 Å². The third-order valence-electron chi connectivity index (χ3n) is 4.93. The summed E-state index contributed by atoms with van der Waals surface area (Å²) in [5.41, 5.74) is 0.157. The second kappa shape index (κ2) is 9.55. The largest absolute Gasteiger partial charge is 0.506 e. The lowest BCUT2D eigenvalue weighted by atomic mass is 9.98. The lowest BCUT2D eigenvalue weighted by Crippen LogP contribution is -2.42. The number of carboxylic acid groups (broad SMARTS) is 1. The smallest absolute Gasteiger partial charge is 0.409 e. The van der Waals surface area contributed by atoms with Crippen molar-refractivity contribution in [3.8, 4) is 11.5 Å². The number of hydrogen-bond donors (Lipinski definition) is 4. The summed E-state index contributed by atoms with van der Waals surface area (Å²) in [5, 5.41) is 23.5. The zero-order valence-electron chi connectivity index (χ0n) is 17.2. The zero-order chi connectivity index (χ0) is 24.3. The van der Waals surface area contributed by atoms with Crippen molar-refractivity contribution in [3.63, 3.8) is 0 Å². The van der Waals surface area contributed by atoms with Crippen LogP contribution in [0.2, 0.25) is 5.02 Å². The molecule has 1 unspecified atom stereocenters. The minimum Gasteiger partial charge on any atom is -0.506 e. The summed E-state index contributed by atoms with van der Waals surface area (Å²) in [6, 6.07) is 7.63. The number of ether oxygens (including phenoxy) is 1. The van der Waals surface area contributed by atoms with Gasteiger partial charge < -0.3 is 20.3 Å². The number of aromatic hydroxyl groups is 1. The molecule has 176 valence electrons. The Morgan fingerprint density at radius 1 is 1.27 bits per heavy atom. The Morgan fingerprint density at radius 2 is 2.00 bits per heavy atom. The van der Waals surface area contributed by atoms with Gasteiger partial charge in [-0.15, -0.1) is 0 Å². The molecule has 0 spiro atoms. The van der Waals surface area contributed by atoms with Crippen LogP contribution in [0.15, 0.2) is 41.3 Å². The number of benzene rings is 2. The Bertz CT molecular complexity index is 1220. The van der Waals surface area contributed by atoms with E-state index in [9.17, 15) is 27.9 Å². The molecule has 1 fully saturated rings. The highest BCUT2D eigenvalue weighted by Crippen LogP contribution is 2.30. The molecule has 0 saturated carbocycles. The highest BCUT2D eigenvalue weighted by atomic mass is 35.5. The number of nitrogens with zero attached hydrogens (tertiary/aromatic N) is 1. The third-order valence-corrected chi connectivity index (χ3v) is 6.91. The summed E-state index contributed by atoms with van der Waals surface area (Å²) in [5.74, 6) is -2.54. The molecule has 13 heteroatoms. The Hall–Kier alpha value is -3.51. The number of amides is 3. The highest BCUT2D eigenvalue weighted by molar-refractivity contribution is 7.89. The van der Waals surface area contributed by atoms with E-state index in [4.69, 9.17) is 21.4 Å². The van der Waals surface area contributed by atoms with Gasteiger partial charge in [0.1, 0.15) is 18.0 Å². The number of rotatable bonds is 6. The van der Waals surface area contributed by atoms with Crippen LogP contribution in [0.5, 0.6) is 11.5 Å². The molecular weight excluding hydrogens is 478 g/mol. The summed E-state index contributed by atoms with van der Waals surface area (Å²) in [6.45, 7) is -0.867. The van der Waals surface area contributed by atoms with Gasteiger partial charge in [-0.2, -0.15) is 0 Å². The molecule has 1 aliphatic heterocycles. The highest BCUT2D eigenvalue weighted by Gasteiger charge is 2.38. The topological polar surface area (TPSA) is 162 Å². The van der Waals surface area contributed by atoms with E-state index in [0.29, 0.717) is 20.6 Å². The molecule has 0 radical (unpaired) electrons. The van der Waals surface area contributed by atoms with E-state index in [-0.39, 0.29) is 13.0 Å². The van der Waals surface area contributed by atoms with Crippen LogP contribution >= 0.6 is 11.6 Å². The molecule has 1 aliphatic rings. The second-order valence-electron chi connectivity index (χ2n) is 7.12. The number of anilines is 1. The normalized spacial score (nSPS) is 16.7. The fourth-order valence-electron chi connectivity index (χ4n) is 3.35. The maximum atomic E-state index is 13.3. The summed E-state index contributed by atoms with van der Waals surface area (Å²) < 4.78 is 32.2. The molecular formula is C20H20ClN3O8S. The monoisotopic (exact) mass is 497 g/mol. The van der Waals surface area contributed by atoms with E-state index in [1.54, 1.807) is 18.2 Å². The zero-order valence-corrected chi connectivity index (χ0v) is 18.8. The van der Waals surface area contributed by atoms with Crippen LogP contribution in [0.25, 0.3) is 0 Å². The van der Waals surface area contributed by atoms with Crippen LogP contribution in [0.4, 0.5) is 10.5 Å². The first kappa shape index (κ1) is 24.1. The quantitative estimate of drug-likeness (QED) is 0.438. The predicted octanol–water partition coefficient (Wildman–Crippen LogP) is 1.65. The number of carbonyl (C=O) groups excluding carboxylic acids is 2. The number of phenolic OH excluding ortho intramolecular Hbond substituents is 1. The lowest BCUT2D eigenvalue weighted by molar-refractivity contribution is -0.131. The van der Waals surface area contributed by atoms with Crippen LogP contribution in [-0.4, -0.2) is 61.0 Å². The van der Waals surface area contributed by atoms with Crippen molar-refractivity contribution in [2.75, 3.05) is 25.5 Å². The number of methoxy groups -OCH3 is 1. The lowest BCUT2D eigenvalue weighted by Gasteiger charge is -2.23. The maximum absolute atomic E-state index is 13.3. The summed E-state index contributed by atoms with van der Waals surface area (Å²) in [6.07, 6.45) is -1.49. The maximum Gasteiger partial charge on any atom is 0.409 e. The Kier molecular flexibility index (Phi) is 6.98. The number of hydrogen-bond acceptors (Lipinski definition) is 7. The van der Waals surface area contributed by atoms with Gasteiger partial charge in [-0.1, -0.05) is 11.6 Å². The first-order valence-electron chi connectivity index (χ1n) is 9.51. The van der Waals surface area contributed by atoms with Gasteiger partial charge in [-0.3, -0.25) is 14.9 Å². The van der Waals surface area contributed by atoms with E-state index >= 15 is 0 Å². The SMILES string of the molecule is COc1ccc(Cl)cc1CC1CNC(=O)CN(S(=O)(=O)c2ccc(O)c(NC(=O)O)c2)C1=O.